The third-order valence-electron chi connectivity index (χ3n) is 3.55. The molecule has 23 heavy (non-hydrogen) atoms. The molecular weight excluding hydrogens is 333 g/mol. The number of benzene rings is 2. The van der Waals surface area contributed by atoms with Crippen LogP contribution in [0.15, 0.2) is 42.5 Å². The third-order valence-corrected chi connectivity index (χ3v) is 4.03. The van der Waals surface area contributed by atoms with Gasteiger partial charge in [-0.05, 0) is 30.3 Å². The zero-order valence-electron chi connectivity index (χ0n) is 12.1. The minimum atomic E-state index is -0.757. The summed E-state index contributed by atoms with van der Waals surface area (Å²) >= 11 is 12.0. The number of halogens is 2. The third kappa shape index (κ3) is 2.79. The summed E-state index contributed by atoms with van der Waals surface area (Å²) in [7, 11) is 1.88. The van der Waals surface area contributed by atoms with E-state index in [-0.39, 0.29) is 0 Å². The number of carbonyl (C=O) groups excluding carboxylic acids is 1. The minimum Gasteiger partial charge on any atom is -0.414 e. The molecule has 0 unspecified atom stereocenters. The Hall–Kier alpha value is -2.41. The quantitative estimate of drug-likeness (QED) is 0.384. The molecule has 0 N–H and O–H groups in total. The van der Waals surface area contributed by atoms with Crippen molar-refractivity contribution in [3.63, 3.8) is 0 Å². The molecule has 1 heterocycles. The number of ether oxygens (including phenoxy) is 1. The Morgan fingerprint density at radius 2 is 1.78 bits per heavy atom. The van der Waals surface area contributed by atoms with Crippen molar-refractivity contribution >= 4 is 40.1 Å². The molecule has 0 bridgehead atoms. The van der Waals surface area contributed by atoms with Crippen LogP contribution in [-0.4, -0.2) is 10.5 Å². The summed E-state index contributed by atoms with van der Waals surface area (Å²) in [6, 6.07) is 12.6. The maximum Gasteiger partial charge on any atom is 0.389 e. The number of hydrogen-bond acceptors (Lipinski definition) is 2. The van der Waals surface area contributed by atoms with Crippen molar-refractivity contribution in [1.82, 2.24) is 4.57 Å². The van der Waals surface area contributed by atoms with Crippen molar-refractivity contribution in [2.45, 2.75) is 0 Å². The highest BCUT2D eigenvalue weighted by atomic mass is 35.5. The summed E-state index contributed by atoms with van der Waals surface area (Å²) < 4.78 is 7.31. The van der Waals surface area contributed by atoms with Gasteiger partial charge in [0.15, 0.2) is 5.75 Å². The maximum atomic E-state index is 11.6. The van der Waals surface area contributed by atoms with Crippen molar-refractivity contribution in [3.05, 3.63) is 52.5 Å². The predicted molar refractivity (Wildman–Crippen MR) is 92.8 cm³/mol. The van der Waals surface area contributed by atoms with E-state index in [9.17, 15) is 4.79 Å². The van der Waals surface area contributed by atoms with Crippen LogP contribution in [-0.2, 0) is 11.8 Å². The van der Waals surface area contributed by atoms with Gasteiger partial charge in [-0.1, -0.05) is 35.3 Å². The van der Waals surface area contributed by atoms with Gasteiger partial charge in [-0.25, -0.2) is 4.79 Å². The topological polar surface area (TPSA) is 31.2 Å². The molecule has 0 aliphatic rings. The largest absolute Gasteiger partial charge is 0.414 e. The molecule has 0 amide bonds. The van der Waals surface area contributed by atoms with Crippen LogP contribution in [0, 0.1) is 12.3 Å². The minimum absolute atomic E-state index is 0.385. The van der Waals surface area contributed by atoms with Crippen LogP contribution in [0.4, 0.5) is 0 Å². The Labute approximate surface area is 143 Å². The van der Waals surface area contributed by atoms with E-state index in [1.54, 1.807) is 24.3 Å². The Bertz CT molecular complexity index is 950. The number of esters is 1. The Balaban J connectivity index is 2.32. The molecule has 0 atom stereocenters. The highest BCUT2D eigenvalue weighted by Gasteiger charge is 2.20. The lowest BCUT2D eigenvalue weighted by Gasteiger charge is -2.07. The first-order chi connectivity index (χ1) is 11.0. The van der Waals surface area contributed by atoms with Crippen LogP contribution in [0.2, 0.25) is 10.0 Å². The number of rotatable bonds is 2. The molecule has 1 aromatic heterocycles. The van der Waals surface area contributed by atoms with Gasteiger partial charge in [-0.3, -0.25) is 0 Å². The number of aryl methyl sites for hydroxylation is 1. The van der Waals surface area contributed by atoms with E-state index in [4.69, 9.17) is 34.4 Å². The molecule has 114 valence electrons. The first kappa shape index (κ1) is 15.5. The van der Waals surface area contributed by atoms with Crippen molar-refractivity contribution in [1.29, 1.82) is 0 Å². The first-order valence-corrected chi connectivity index (χ1v) is 7.49. The lowest BCUT2D eigenvalue weighted by atomic mass is 10.1. The second-order valence-electron chi connectivity index (χ2n) is 4.94. The molecule has 0 aliphatic carbocycles. The van der Waals surface area contributed by atoms with Crippen LogP contribution in [0.25, 0.3) is 22.2 Å². The van der Waals surface area contributed by atoms with Gasteiger partial charge < -0.3 is 9.30 Å². The van der Waals surface area contributed by atoms with Gasteiger partial charge in [0.25, 0.3) is 0 Å². The zero-order valence-corrected chi connectivity index (χ0v) is 13.7. The van der Waals surface area contributed by atoms with Gasteiger partial charge in [-0.2, -0.15) is 0 Å². The molecule has 0 radical (unpaired) electrons. The summed E-state index contributed by atoms with van der Waals surface area (Å²) in [4.78, 5) is 11.6. The van der Waals surface area contributed by atoms with Gasteiger partial charge in [0.1, 0.15) is 0 Å². The Morgan fingerprint density at radius 1 is 1.13 bits per heavy atom. The molecule has 2 aromatic carbocycles. The van der Waals surface area contributed by atoms with Gasteiger partial charge in [0.2, 0.25) is 0 Å². The molecule has 3 rings (SSSR count). The first-order valence-electron chi connectivity index (χ1n) is 6.73. The molecule has 3 nitrogen and oxygen atoms in total. The fourth-order valence-corrected chi connectivity index (χ4v) is 2.84. The highest BCUT2D eigenvalue weighted by Crippen LogP contribution is 2.40. The van der Waals surface area contributed by atoms with Crippen molar-refractivity contribution in [3.8, 4) is 29.4 Å². The van der Waals surface area contributed by atoms with Gasteiger partial charge in [-0.15, -0.1) is 6.42 Å². The molecule has 0 fully saturated rings. The molecule has 5 heteroatoms. The summed E-state index contributed by atoms with van der Waals surface area (Å²) in [5.74, 6) is 1.59. The lowest BCUT2D eigenvalue weighted by molar-refractivity contribution is -0.127. The summed E-state index contributed by atoms with van der Waals surface area (Å²) in [6.45, 7) is 0. The van der Waals surface area contributed by atoms with Gasteiger partial charge >= 0.3 is 5.97 Å². The molecule has 0 aliphatic heterocycles. The van der Waals surface area contributed by atoms with Crippen molar-refractivity contribution in [2.75, 3.05) is 0 Å². The predicted octanol–water partition coefficient (Wildman–Crippen LogP) is 4.69. The summed E-state index contributed by atoms with van der Waals surface area (Å²) in [5.41, 5.74) is 2.45. The van der Waals surface area contributed by atoms with Crippen LogP contribution >= 0.6 is 23.2 Å². The SMILES string of the molecule is C#CC(=O)Oc1c(-c2ccc(Cl)cc2)n(C)c2ccc(Cl)cc12. The fraction of sp³-hybridized carbons (Fsp3) is 0.0556. The van der Waals surface area contributed by atoms with Gasteiger partial charge in [0, 0.05) is 34.0 Å². The Morgan fingerprint density at radius 3 is 2.43 bits per heavy atom. The van der Waals surface area contributed by atoms with Crippen molar-refractivity contribution < 1.29 is 9.53 Å². The number of fused-ring (bicyclic) bond motifs is 1. The maximum absolute atomic E-state index is 11.6. The fourth-order valence-electron chi connectivity index (χ4n) is 2.54. The number of terminal acetylenes is 1. The van der Waals surface area contributed by atoms with Crippen LogP contribution < -0.4 is 4.74 Å². The molecule has 0 saturated heterocycles. The summed E-state index contributed by atoms with van der Waals surface area (Å²) in [5, 5.41) is 1.88. The van der Waals surface area contributed by atoms with E-state index in [0.29, 0.717) is 21.2 Å². The normalized spacial score (nSPS) is 10.5. The molecule has 3 aromatic rings. The number of carbonyl (C=O) groups is 1. The second kappa shape index (κ2) is 6.00. The standard InChI is InChI=1S/C18H11Cl2NO2/c1-3-16(22)23-18-14-10-13(20)8-9-15(14)21(2)17(18)11-4-6-12(19)7-5-11/h1,4-10H,2H3. The molecule has 0 spiro atoms. The number of hydrogen-bond donors (Lipinski definition) is 0. The molecule has 0 saturated carbocycles. The second-order valence-corrected chi connectivity index (χ2v) is 5.81. The molecular formula is C18H11Cl2NO2. The lowest BCUT2D eigenvalue weighted by Crippen LogP contribution is -2.05. The van der Waals surface area contributed by atoms with E-state index in [1.807, 2.05) is 35.7 Å². The van der Waals surface area contributed by atoms with Crippen LogP contribution in [0.1, 0.15) is 0 Å². The van der Waals surface area contributed by atoms with E-state index in [0.717, 1.165) is 16.8 Å². The van der Waals surface area contributed by atoms with E-state index < -0.39 is 5.97 Å². The average molecular weight is 344 g/mol. The van der Waals surface area contributed by atoms with Crippen LogP contribution in [0.3, 0.4) is 0 Å². The Kier molecular flexibility index (Phi) is 4.04. The van der Waals surface area contributed by atoms with Gasteiger partial charge in [0.05, 0.1) is 11.2 Å². The summed E-state index contributed by atoms with van der Waals surface area (Å²) in [6.07, 6.45) is 5.13. The monoisotopic (exact) mass is 343 g/mol. The van der Waals surface area contributed by atoms with E-state index in [1.165, 1.54) is 0 Å². The van der Waals surface area contributed by atoms with Crippen LogP contribution in [0.5, 0.6) is 5.75 Å². The van der Waals surface area contributed by atoms with E-state index >= 15 is 0 Å². The highest BCUT2D eigenvalue weighted by molar-refractivity contribution is 6.31. The number of aromatic nitrogens is 1. The zero-order chi connectivity index (χ0) is 16.6. The average Bonchev–Trinajstić information content (AvgIpc) is 2.80. The van der Waals surface area contributed by atoms with E-state index in [2.05, 4.69) is 0 Å². The number of nitrogens with zero attached hydrogens (tertiary/aromatic N) is 1. The smallest absolute Gasteiger partial charge is 0.389 e. The van der Waals surface area contributed by atoms with Crippen molar-refractivity contribution in [2.24, 2.45) is 7.05 Å².